The number of nitrogens with one attached hydrogen (secondary N) is 1. The van der Waals surface area contributed by atoms with E-state index in [4.69, 9.17) is 0 Å². The van der Waals surface area contributed by atoms with Gasteiger partial charge in [-0.2, -0.15) is 0 Å². The molecule has 2 fully saturated rings. The number of amides is 3. The normalized spacial score (nSPS) is 18.4. The first-order valence-electron chi connectivity index (χ1n) is 8.87. The molecule has 2 aromatic rings. The van der Waals surface area contributed by atoms with Gasteiger partial charge in [0.1, 0.15) is 11.6 Å². The van der Waals surface area contributed by atoms with Gasteiger partial charge in [0.15, 0.2) is 0 Å². The van der Waals surface area contributed by atoms with E-state index in [2.05, 4.69) is 5.32 Å². The second kappa shape index (κ2) is 6.64. The Hall–Kier alpha value is -2.96. The Morgan fingerprint density at radius 2 is 1.74 bits per heavy atom. The minimum Gasteiger partial charge on any atom is -0.324 e. The molecule has 2 aromatic carbocycles. The molecule has 1 spiro atoms. The maximum atomic E-state index is 13.7. The first-order valence-corrected chi connectivity index (χ1v) is 8.87. The van der Waals surface area contributed by atoms with Crippen LogP contribution in [0.5, 0.6) is 0 Å². The number of β-lactam (4-membered cyclic amide) rings is 1. The quantitative estimate of drug-likeness (QED) is 0.820. The van der Waals surface area contributed by atoms with E-state index in [1.807, 2.05) is 30.3 Å². The van der Waals surface area contributed by atoms with Crippen LogP contribution in [0.1, 0.15) is 12.8 Å². The van der Waals surface area contributed by atoms with Gasteiger partial charge in [-0.25, -0.2) is 13.6 Å². The number of nitrogens with zero attached hydrogens (tertiary/aromatic N) is 2. The van der Waals surface area contributed by atoms with E-state index in [-0.39, 0.29) is 11.6 Å². The van der Waals surface area contributed by atoms with E-state index in [0.717, 1.165) is 17.8 Å². The SMILES string of the molecule is O=C(Nc1ccc(F)cc1F)N1CCC2(CC1)CN(c1ccccc1)C2=O. The Bertz CT molecular complexity index is 880. The van der Waals surface area contributed by atoms with Gasteiger partial charge in [0.05, 0.1) is 11.1 Å². The molecule has 27 heavy (non-hydrogen) atoms. The summed E-state index contributed by atoms with van der Waals surface area (Å²) in [4.78, 5) is 28.4. The number of anilines is 2. The van der Waals surface area contributed by atoms with Gasteiger partial charge >= 0.3 is 6.03 Å². The number of para-hydroxylation sites is 1. The number of urea groups is 1. The lowest BCUT2D eigenvalue weighted by atomic mass is 9.71. The van der Waals surface area contributed by atoms with Crippen molar-refractivity contribution in [1.29, 1.82) is 0 Å². The van der Waals surface area contributed by atoms with Crippen molar-refractivity contribution in [2.24, 2.45) is 5.41 Å². The second-order valence-corrected chi connectivity index (χ2v) is 7.05. The largest absolute Gasteiger partial charge is 0.324 e. The van der Waals surface area contributed by atoms with Gasteiger partial charge in [-0.05, 0) is 37.1 Å². The molecule has 1 N–H and O–H groups in total. The van der Waals surface area contributed by atoms with Gasteiger partial charge < -0.3 is 15.1 Å². The van der Waals surface area contributed by atoms with Crippen LogP contribution in [0.15, 0.2) is 48.5 Å². The van der Waals surface area contributed by atoms with Crippen LogP contribution in [0.25, 0.3) is 0 Å². The number of benzene rings is 2. The maximum absolute atomic E-state index is 13.7. The lowest BCUT2D eigenvalue weighted by Crippen LogP contribution is -2.65. The molecule has 2 saturated heterocycles. The highest BCUT2D eigenvalue weighted by molar-refractivity contribution is 6.04. The van der Waals surface area contributed by atoms with Gasteiger partial charge in [-0.3, -0.25) is 4.79 Å². The molecular formula is C20H19F2N3O2. The zero-order valence-corrected chi connectivity index (χ0v) is 14.6. The Kier molecular flexibility index (Phi) is 4.30. The Morgan fingerprint density at radius 3 is 2.37 bits per heavy atom. The molecule has 0 radical (unpaired) electrons. The highest BCUT2D eigenvalue weighted by atomic mass is 19.1. The molecule has 0 bridgehead atoms. The fourth-order valence-electron chi connectivity index (χ4n) is 3.75. The predicted molar refractivity (Wildman–Crippen MR) is 97.4 cm³/mol. The van der Waals surface area contributed by atoms with Gasteiger partial charge in [0, 0.05) is 31.4 Å². The first-order chi connectivity index (χ1) is 13.0. The van der Waals surface area contributed by atoms with Crippen LogP contribution in [0.4, 0.5) is 25.0 Å². The summed E-state index contributed by atoms with van der Waals surface area (Å²) in [6.45, 7) is 1.49. The molecule has 4 rings (SSSR count). The zero-order chi connectivity index (χ0) is 19.0. The summed E-state index contributed by atoms with van der Waals surface area (Å²) in [5.74, 6) is -1.42. The van der Waals surface area contributed by atoms with Crippen molar-refractivity contribution < 1.29 is 18.4 Å². The number of carbonyl (C=O) groups excluding carboxylic acids is 2. The summed E-state index contributed by atoms with van der Waals surface area (Å²) in [6.07, 6.45) is 1.16. The molecule has 0 saturated carbocycles. The predicted octanol–water partition coefficient (Wildman–Crippen LogP) is 3.63. The molecule has 2 heterocycles. The van der Waals surface area contributed by atoms with Crippen molar-refractivity contribution in [2.45, 2.75) is 12.8 Å². The van der Waals surface area contributed by atoms with Gasteiger partial charge in [0.2, 0.25) is 5.91 Å². The third kappa shape index (κ3) is 3.13. The van der Waals surface area contributed by atoms with Crippen molar-refractivity contribution in [3.8, 4) is 0 Å². The highest BCUT2D eigenvalue weighted by Gasteiger charge is 2.53. The number of carbonyl (C=O) groups is 2. The second-order valence-electron chi connectivity index (χ2n) is 7.05. The molecule has 0 atom stereocenters. The molecule has 0 unspecified atom stereocenters. The van der Waals surface area contributed by atoms with E-state index >= 15 is 0 Å². The van der Waals surface area contributed by atoms with Crippen LogP contribution in [0.3, 0.4) is 0 Å². The van der Waals surface area contributed by atoms with E-state index in [0.29, 0.717) is 32.5 Å². The molecule has 5 nitrogen and oxygen atoms in total. The van der Waals surface area contributed by atoms with E-state index < -0.39 is 23.1 Å². The summed E-state index contributed by atoms with van der Waals surface area (Å²) < 4.78 is 26.7. The van der Waals surface area contributed by atoms with Crippen molar-refractivity contribution in [3.63, 3.8) is 0 Å². The number of halogens is 2. The van der Waals surface area contributed by atoms with Crippen LogP contribution in [-0.2, 0) is 4.79 Å². The molecule has 140 valence electrons. The van der Waals surface area contributed by atoms with Crippen molar-refractivity contribution in [2.75, 3.05) is 29.9 Å². The average Bonchev–Trinajstić information content (AvgIpc) is 2.69. The lowest BCUT2D eigenvalue weighted by Gasteiger charge is -2.52. The van der Waals surface area contributed by atoms with Gasteiger partial charge in [-0.15, -0.1) is 0 Å². The first kappa shape index (κ1) is 17.5. The molecule has 2 aliphatic rings. The number of hydrogen-bond acceptors (Lipinski definition) is 2. The fourth-order valence-corrected chi connectivity index (χ4v) is 3.75. The lowest BCUT2D eigenvalue weighted by molar-refractivity contribution is -0.138. The van der Waals surface area contributed by atoms with Crippen LogP contribution in [-0.4, -0.2) is 36.5 Å². The number of rotatable bonds is 2. The van der Waals surface area contributed by atoms with Crippen molar-refractivity contribution in [3.05, 3.63) is 60.2 Å². The smallest absolute Gasteiger partial charge is 0.321 e. The molecule has 7 heteroatoms. The molecular weight excluding hydrogens is 352 g/mol. The minimum absolute atomic E-state index is 0.0586. The van der Waals surface area contributed by atoms with Crippen molar-refractivity contribution >= 4 is 23.3 Å². The molecule has 0 aromatic heterocycles. The molecule has 0 aliphatic carbocycles. The number of likely N-dealkylation sites (tertiary alicyclic amines) is 1. The Labute approximate surface area is 155 Å². The summed E-state index contributed by atoms with van der Waals surface area (Å²) in [6, 6.07) is 12.1. The average molecular weight is 371 g/mol. The van der Waals surface area contributed by atoms with Crippen LogP contribution >= 0.6 is 0 Å². The van der Waals surface area contributed by atoms with Crippen LogP contribution in [0.2, 0.25) is 0 Å². The van der Waals surface area contributed by atoms with Crippen LogP contribution in [0, 0.1) is 17.0 Å². The van der Waals surface area contributed by atoms with E-state index in [1.54, 1.807) is 9.80 Å². The third-order valence-corrected chi connectivity index (χ3v) is 5.41. The topological polar surface area (TPSA) is 52.7 Å². The summed E-state index contributed by atoms with van der Waals surface area (Å²) in [5.41, 5.74) is 0.421. The maximum Gasteiger partial charge on any atom is 0.321 e. The molecule has 2 aliphatic heterocycles. The zero-order valence-electron chi connectivity index (χ0n) is 14.6. The summed E-state index contributed by atoms with van der Waals surface area (Å²) in [5, 5.41) is 2.47. The van der Waals surface area contributed by atoms with E-state index in [9.17, 15) is 18.4 Å². The fraction of sp³-hybridized carbons (Fsp3) is 0.300. The number of hydrogen-bond donors (Lipinski definition) is 1. The number of piperidine rings is 1. The van der Waals surface area contributed by atoms with Gasteiger partial charge in [-0.1, -0.05) is 18.2 Å². The molecule has 3 amide bonds. The van der Waals surface area contributed by atoms with E-state index in [1.165, 1.54) is 6.07 Å². The van der Waals surface area contributed by atoms with Crippen LogP contribution < -0.4 is 10.2 Å². The minimum atomic E-state index is -0.815. The third-order valence-electron chi connectivity index (χ3n) is 5.41. The van der Waals surface area contributed by atoms with Crippen molar-refractivity contribution in [1.82, 2.24) is 4.90 Å². The summed E-state index contributed by atoms with van der Waals surface area (Å²) >= 11 is 0. The Morgan fingerprint density at radius 1 is 1.04 bits per heavy atom. The summed E-state index contributed by atoms with van der Waals surface area (Å²) in [7, 11) is 0. The standard InChI is InChI=1S/C20H19F2N3O2/c21-14-6-7-17(16(22)12-14)23-19(27)24-10-8-20(9-11-24)13-25(18(20)26)15-4-2-1-3-5-15/h1-7,12H,8-11,13H2,(H,23,27). The Balaban J connectivity index is 1.35. The highest BCUT2D eigenvalue weighted by Crippen LogP contribution is 2.43. The monoisotopic (exact) mass is 371 g/mol. The van der Waals surface area contributed by atoms with Gasteiger partial charge in [0.25, 0.3) is 0 Å².